The molecule has 0 radical (unpaired) electrons. The predicted molar refractivity (Wildman–Crippen MR) is 73.4 cm³/mol. The first-order valence-electron chi connectivity index (χ1n) is 6.49. The van der Waals surface area contributed by atoms with Crippen molar-refractivity contribution in [2.75, 3.05) is 5.75 Å². The summed E-state index contributed by atoms with van der Waals surface area (Å²) in [6, 6.07) is 6.86. The number of sulfone groups is 1. The highest BCUT2D eigenvalue weighted by Gasteiger charge is 2.13. The molecule has 0 aliphatic carbocycles. The quantitative estimate of drug-likeness (QED) is 0.828. The normalized spacial score (nSPS) is 13.5. The van der Waals surface area contributed by atoms with Crippen molar-refractivity contribution in [3.8, 4) is 0 Å². The van der Waals surface area contributed by atoms with Crippen LogP contribution in [-0.4, -0.2) is 25.4 Å². The van der Waals surface area contributed by atoms with Crippen LogP contribution < -0.4 is 0 Å². The van der Waals surface area contributed by atoms with Gasteiger partial charge in [-0.15, -0.1) is 0 Å². The van der Waals surface area contributed by atoms with Gasteiger partial charge in [0.05, 0.1) is 16.8 Å². The largest absolute Gasteiger partial charge is 0.393 e. The summed E-state index contributed by atoms with van der Waals surface area (Å²) in [5, 5.41) is 9.70. The molecule has 4 heteroatoms. The summed E-state index contributed by atoms with van der Waals surface area (Å²) in [6.07, 6.45) is 2.59. The lowest BCUT2D eigenvalue weighted by atomic mass is 10.1. The average molecular weight is 270 g/mol. The minimum absolute atomic E-state index is 0.185. The van der Waals surface area contributed by atoms with Crippen LogP contribution in [0.4, 0.5) is 0 Å². The Labute approximate surface area is 110 Å². The van der Waals surface area contributed by atoms with Crippen molar-refractivity contribution in [1.29, 1.82) is 0 Å². The zero-order chi connectivity index (χ0) is 13.6. The second kappa shape index (κ2) is 6.90. The minimum Gasteiger partial charge on any atom is -0.393 e. The highest BCUT2D eigenvalue weighted by Crippen LogP contribution is 2.15. The molecule has 0 bridgehead atoms. The maximum atomic E-state index is 11.8. The smallest absolute Gasteiger partial charge is 0.178 e. The van der Waals surface area contributed by atoms with Gasteiger partial charge in [0.2, 0.25) is 0 Å². The summed E-state index contributed by atoms with van der Waals surface area (Å²) in [6.45, 7) is 3.89. The Balaban J connectivity index is 2.74. The summed E-state index contributed by atoms with van der Waals surface area (Å²) in [4.78, 5) is 0.373. The third kappa shape index (κ3) is 4.42. The predicted octanol–water partition coefficient (Wildman–Crippen LogP) is 2.57. The molecule has 3 nitrogen and oxygen atoms in total. The van der Waals surface area contributed by atoms with Crippen LogP contribution in [0.2, 0.25) is 0 Å². The van der Waals surface area contributed by atoms with Gasteiger partial charge < -0.3 is 5.11 Å². The van der Waals surface area contributed by atoms with E-state index in [0.717, 1.165) is 18.4 Å². The number of hydrogen-bond donors (Lipinski definition) is 1. The lowest BCUT2D eigenvalue weighted by Gasteiger charge is -2.09. The number of hydrogen-bond acceptors (Lipinski definition) is 3. The summed E-state index contributed by atoms with van der Waals surface area (Å²) in [5.41, 5.74) is 0.978. The molecule has 1 aromatic rings. The maximum Gasteiger partial charge on any atom is 0.178 e. The van der Waals surface area contributed by atoms with Crippen LogP contribution in [0.3, 0.4) is 0 Å². The van der Waals surface area contributed by atoms with Crippen LogP contribution in [0.1, 0.15) is 38.7 Å². The van der Waals surface area contributed by atoms with Crippen LogP contribution in [0.15, 0.2) is 29.2 Å². The standard InChI is InChI=1S/C14H22O3S/c1-3-5-13(15)11-12-6-8-14(9-7-12)18(16,17)10-4-2/h6-9,13,15H,3-5,10-11H2,1-2H3. The molecule has 0 saturated carbocycles. The molecule has 0 heterocycles. The van der Waals surface area contributed by atoms with Crippen molar-refractivity contribution in [2.45, 2.75) is 50.5 Å². The van der Waals surface area contributed by atoms with Crippen molar-refractivity contribution in [2.24, 2.45) is 0 Å². The number of aliphatic hydroxyl groups is 1. The fraction of sp³-hybridized carbons (Fsp3) is 0.571. The zero-order valence-electron chi connectivity index (χ0n) is 11.1. The van der Waals surface area contributed by atoms with Crippen molar-refractivity contribution in [3.63, 3.8) is 0 Å². The summed E-state index contributed by atoms with van der Waals surface area (Å²) in [5.74, 6) is 0.185. The molecule has 0 saturated heterocycles. The first-order chi connectivity index (χ1) is 8.49. The van der Waals surface area contributed by atoms with Gasteiger partial charge in [0.25, 0.3) is 0 Å². The third-order valence-corrected chi connectivity index (χ3v) is 4.78. The SMILES string of the molecule is CCCC(O)Cc1ccc(S(=O)(=O)CCC)cc1. The van der Waals surface area contributed by atoms with Crippen molar-refractivity contribution >= 4 is 9.84 Å². The Hall–Kier alpha value is -0.870. The van der Waals surface area contributed by atoms with Crippen LogP contribution in [0, 0.1) is 0 Å². The van der Waals surface area contributed by atoms with Gasteiger partial charge >= 0.3 is 0 Å². The second-order valence-corrected chi connectivity index (χ2v) is 6.72. The molecule has 0 aliphatic heterocycles. The lowest BCUT2D eigenvalue weighted by Crippen LogP contribution is -2.10. The molecule has 1 atom stereocenters. The van der Waals surface area contributed by atoms with Crippen LogP contribution in [-0.2, 0) is 16.3 Å². The topological polar surface area (TPSA) is 54.4 Å². The van der Waals surface area contributed by atoms with E-state index in [1.54, 1.807) is 24.3 Å². The second-order valence-electron chi connectivity index (χ2n) is 4.61. The van der Waals surface area contributed by atoms with Crippen molar-refractivity contribution in [3.05, 3.63) is 29.8 Å². The van der Waals surface area contributed by atoms with Gasteiger partial charge in [-0.1, -0.05) is 32.4 Å². The fourth-order valence-corrected chi connectivity index (χ4v) is 3.25. The Bertz CT molecular complexity index is 448. The van der Waals surface area contributed by atoms with E-state index < -0.39 is 9.84 Å². The Morgan fingerprint density at radius 3 is 2.22 bits per heavy atom. The fourth-order valence-electron chi connectivity index (χ4n) is 1.93. The van der Waals surface area contributed by atoms with Gasteiger partial charge in [0.15, 0.2) is 9.84 Å². The van der Waals surface area contributed by atoms with Crippen LogP contribution >= 0.6 is 0 Å². The molecule has 1 rings (SSSR count). The molecule has 1 N–H and O–H groups in total. The van der Waals surface area contributed by atoms with Crippen LogP contribution in [0.25, 0.3) is 0 Å². The van der Waals surface area contributed by atoms with Gasteiger partial charge in [0, 0.05) is 0 Å². The van der Waals surface area contributed by atoms with Gasteiger partial charge in [-0.3, -0.25) is 0 Å². The van der Waals surface area contributed by atoms with Gasteiger partial charge in [-0.05, 0) is 37.0 Å². The lowest BCUT2D eigenvalue weighted by molar-refractivity contribution is 0.164. The number of benzene rings is 1. The minimum atomic E-state index is -3.13. The molecule has 18 heavy (non-hydrogen) atoms. The molecule has 0 amide bonds. The molecular formula is C14H22O3S. The molecule has 1 unspecified atom stereocenters. The Morgan fingerprint density at radius 2 is 1.72 bits per heavy atom. The maximum absolute atomic E-state index is 11.8. The Morgan fingerprint density at radius 1 is 1.11 bits per heavy atom. The molecular weight excluding hydrogens is 248 g/mol. The summed E-state index contributed by atoms with van der Waals surface area (Å²) < 4.78 is 23.6. The molecule has 0 spiro atoms. The molecule has 102 valence electrons. The number of rotatable bonds is 7. The summed E-state index contributed by atoms with van der Waals surface area (Å²) >= 11 is 0. The number of aliphatic hydroxyl groups excluding tert-OH is 1. The van der Waals surface area contributed by atoms with Crippen molar-refractivity contribution in [1.82, 2.24) is 0 Å². The van der Waals surface area contributed by atoms with E-state index >= 15 is 0 Å². The van der Waals surface area contributed by atoms with Crippen LogP contribution in [0.5, 0.6) is 0 Å². The molecule has 1 aromatic carbocycles. The first kappa shape index (κ1) is 15.2. The van der Waals surface area contributed by atoms with Gasteiger partial charge in [-0.2, -0.15) is 0 Å². The van der Waals surface area contributed by atoms with E-state index in [9.17, 15) is 13.5 Å². The van der Waals surface area contributed by atoms with E-state index in [1.807, 2.05) is 13.8 Å². The van der Waals surface area contributed by atoms with Gasteiger partial charge in [-0.25, -0.2) is 8.42 Å². The van der Waals surface area contributed by atoms with E-state index in [2.05, 4.69) is 0 Å². The summed E-state index contributed by atoms with van der Waals surface area (Å²) in [7, 11) is -3.13. The van der Waals surface area contributed by atoms with E-state index in [4.69, 9.17) is 0 Å². The first-order valence-corrected chi connectivity index (χ1v) is 8.14. The van der Waals surface area contributed by atoms with E-state index in [-0.39, 0.29) is 11.9 Å². The molecule has 0 fully saturated rings. The highest BCUT2D eigenvalue weighted by molar-refractivity contribution is 7.91. The Kier molecular flexibility index (Phi) is 5.82. The van der Waals surface area contributed by atoms with Gasteiger partial charge in [0.1, 0.15) is 0 Å². The van der Waals surface area contributed by atoms with E-state index in [0.29, 0.717) is 17.7 Å². The average Bonchev–Trinajstić information content (AvgIpc) is 2.30. The van der Waals surface area contributed by atoms with E-state index in [1.165, 1.54) is 0 Å². The zero-order valence-corrected chi connectivity index (χ0v) is 11.9. The molecule has 0 aliphatic rings. The van der Waals surface area contributed by atoms with Crippen molar-refractivity contribution < 1.29 is 13.5 Å². The molecule has 0 aromatic heterocycles. The monoisotopic (exact) mass is 270 g/mol. The highest BCUT2D eigenvalue weighted by atomic mass is 32.2. The third-order valence-electron chi connectivity index (χ3n) is 2.85.